The molecule has 0 aliphatic carbocycles. The van der Waals surface area contributed by atoms with Crippen LogP contribution in [0.5, 0.6) is 0 Å². The molecule has 2 heterocycles. The van der Waals surface area contributed by atoms with Crippen molar-refractivity contribution < 1.29 is 21.5 Å². The molecule has 0 amide bonds. The van der Waals surface area contributed by atoms with Gasteiger partial charge in [0.05, 0.1) is 6.54 Å². The monoisotopic (exact) mass is 480 g/mol. The maximum Gasteiger partial charge on any atom is 0.262 e. The van der Waals surface area contributed by atoms with Crippen molar-refractivity contribution in [3.05, 3.63) is 70.0 Å². The van der Waals surface area contributed by atoms with Gasteiger partial charge < -0.3 is 17.0 Å². The molecule has 0 saturated heterocycles. The lowest BCUT2D eigenvalue weighted by Crippen LogP contribution is -3.00. The SMILES string of the molecule is Clc1ccc(-c2cn(-c3ccc(Br)cc3)c3[n+]2CCCCC3)cc1.[Br-]. The third-order valence-corrected chi connectivity index (χ3v) is 5.44. The molecule has 1 aliphatic rings. The number of fused-ring (bicyclic) bond motifs is 1. The second-order valence-electron chi connectivity index (χ2n) is 6.25. The van der Waals surface area contributed by atoms with E-state index in [0.717, 1.165) is 22.5 Å². The summed E-state index contributed by atoms with van der Waals surface area (Å²) in [5.74, 6) is 1.39. The average Bonchev–Trinajstić information content (AvgIpc) is 2.78. The third-order valence-electron chi connectivity index (χ3n) is 4.66. The summed E-state index contributed by atoms with van der Waals surface area (Å²) >= 11 is 9.60. The van der Waals surface area contributed by atoms with Gasteiger partial charge in [-0.1, -0.05) is 27.5 Å². The van der Waals surface area contributed by atoms with Crippen molar-refractivity contribution in [2.75, 3.05) is 0 Å². The molecule has 5 heteroatoms. The summed E-state index contributed by atoms with van der Waals surface area (Å²) in [5.41, 5.74) is 3.70. The highest BCUT2D eigenvalue weighted by molar-refractivity contribution is 9.10. The molecule has 0 unspecified atom stereocenters. The molecule has 2 aromatic carbocycles. The van der Waals surface area contributed by atoms with Crippen LogP contribution in [0.3, 0.4) is 0 Å². The average molecular weight is 483 g/mol. The van der Waals surface area contributed by atoms with Gasteiger partial charge in [0, 0.05) is 21.5 Å². The van der Waals surface area contributed by atoms with Crippen molar-refractivity contribution >= 4 is 27.5 Å². The van der Waals surface area contributed by atoms with Crippen LogP contribution in [0, 0.1) is 0 Å². The lowest BCUT2D eigenvalue weighted by molar-refractivity contribution is -0.692. The van der Waals surface area contributed by atoms with Crippen molar-refractivity contribution in [3.63, 3.8) is 0 Å². The zero-order valence-corrected chi connectivity index (χ0v) is 17.7. The first-order chi connectivity index (χ1) is 11.7. The summed E-state index contributed by atoms with van der Waals surface area (Å²) in [6, 6.07) is 16.7. The topological polar surface area (TPSA) is 8.81 Å². The molecule has 0 N–H and O–H groups in total. The second-order valence-corrected chi connectivity index (χ2v) is 7.60. The molecule has 0 spiro atoms. The molecule has 0 atom stereocenters. The van der Waals surface area contributed by atoms with E-state index in [1.165, 1.54) is 42.0 Å². The van der Waals surface area contributed by atoms with Crippen LogP contribution >= 0.6 is 27.5 Å². The fraction of sp³-hybridized carbons (Fsp3) is 0.250. The Morgan fingerprint density at radius 2 is 1.64 bits per heavy atom. The highest BCUT2D eigenvalue weighted by atomic mass is 79.9. The van der Waals surface area contributed by atoms with E-state index in [4.69, 9.17) is 11.6 Å². The molecule has 25 heavy (non-hydrogen) atoms. The fourth-order valence-electron chi connectivity index (χ4n) is 3.45. The van der Waals surface area contributed by atoms with Gasteiger partial charge in [-0.15, -0.1) is 0 Å². The normalized spacial score (nSPS) is 13.7. The second kappa shape index (κ2) is 8.07. The molecule has 4 rings (SSSR count). The van der Waals surface area contributed by atoms with Gasteiger partial charge in [-0.05, 0) is 67.8 Å². The smallest absolute Gasteiger partial charge is 0.262 e. The standard InChI is InChI=1S/C20H19BrClN2.BrH/c21-16-7-11-18(12-8-16)24-14-19(15-5-9-17(22)10-6-15)23-13-3-1-2-4-20(23)24;/h5-12,14H,1-4,13H2;1H/q+1;/p-1. The van der Waals surface area contributed by atoms with Crippen molar-refractivity contribution in [3.8, 4) is 16.9 Å². The Bertz CT molecular complexity index is 785. The Hall–Kier alpha value is -1.10. The first kappa shape index (κ1) is 18.7. The number of benzene rings is 2. The minimum atomic E-state index is 0. The maximum absolute atomic E-state index is 6.07. The van der Waals surface area contributed by atoms with Crippen LogP contribution in [0.15, 0.2) is 59.2 Å². The first-order valence-electron chi connectivity index (χ1n) is 8.38. The van der Waals surface area contributed by atoms with Gasteiger partial charge in [-0.25, -0.2) is 4.57 Å². The van der Waals surface area contributed by atoms with Crippen molar-refractivity contribution in [2.45, 2.75) is 32.2 Å². The quantitative estimate of drug-likeness (QED) is 0.497. The largest absolute Gasteiger partial charge is 1.00 e. The lowest BCUT2D eigenvalue weighted by atomic mass is 10.1. The number of nitrogens with zero attached hydrogens (tertiary/aromatic N) is 2. The van der Waals surface area contributed by atoms with Crippen LogP contribution in [0.2, 0.25) is 5.02 Å². The molecule has 0 bridgehead atoms. The van der Waals surface area contributed by atoms with E-state index in [1.54, 1.807) is 0 Å². The number of halogens is 3. The molecule has 0 fully saturated rings. The zero-order valence-electron chi connectivity index (χ0n) is 13.8. The Morgan fingerprint density at radius 1 is 0.920 bits per heavy atom. The van der Waals surface area contributed by atoms with E-state index in [0.29, 0.717) is 0 Å². The van der Waals surface area contributed by atoms with Crippen LogP contribution in [-0.4, -0.2) is 4.57 Å². The number of hydrogen-bond donors (Lipinski definition) is 0. The minimum Gasteiger partial charge on any atom is -1.00 e. The number of hydrogen-bond acceptors (Lipinski definition) is 0. The van der Waals surface area contributed by atoms with Gasteiger partial charge in [0.25, 0.3) is 5.82 Å². The molecule has 0 saturated carbocycles. The van der Waals surface area contributed by atoms with Crippen molar-refractivity contribution in [1.82, 2.24) is 4.57 Å². The molecular formula is C20H19Br2ClN2. The van der Waals surface area contributed by atoms with E-state index in [9.17, 15) is 0 Å². The highest BCUT2D eigenvalue weighted by Crippen LogP contribution is 2.25. The first-order valence-corrected chi connectivity index (χ1v) is 9.55. The van der Waals surface area contributed by atoms with Crippen molar-refractivity contribution in [2.24, 2.45) is 0 Å². The van der Waals surface area contributed by atoms with Crippen molar-refractivity contribution in [1.29, 1.82) is 0 Å². The summed E-state index contributed by atoms with van der Waals surface area (Å²) in [5, 5.41) is 0.780. The summed E-state index contributed by atoms with van der Waals surface area (Å²) in [6.45, 7) is 1.08. The number of imidazole rings is 1. The summed E-state index contributed by atoms with van der Waals surface area (Å²) in [4.78, 5) is 0. The third kappa shape index (κ3) is 3.86. The number of rotatable bonds is 2. The van der Waals surface area contributed by atoms with Gasteiger partial charge in [-0.2, -0.15) is 4.57 Å². The van der Waals surface area contributed by atoms with Gasteiger partial charge in [-0.3, -0.25) is 0 Å². The molecule has 1 aliphatic heterocycles. The van der Waals surface area contributed by atoms with Gasteiger partial charge >= 0.3 is 0 Å². The summed E-state index contributed by atoms with van der Waals surface area (Å²) in [7, 11) is 0. The Balaban J connectivity index is 0.00000182. The van der Waals surface area contributed by atoms with Gasteiger partial charge in [0.1, 0.15) is 11.9 Å². The van der Waals surface area contributed by atoms with Gasteiger partial charge in [0.15, 0.2) is 5.69 Å². The number of aromatic nitrogens is 2. The van der Waals surface area contributed by atoms with E-state index >= 15 is 0 Å². The van der Waals surface area contributed by atoms with E-state index < -0.39 is 0 Å². The molecular weight excluding hydrogens is 463 g/mol. The fourth-order valence-corrected chi connectivity index (χ4v) is 3.84. The van der Waals surface area contributed by atoms with Crippen LogP contribution in [0.1, 0.15) is 25.1 Å². The predicted molar refractivity (Wildman–Crippen MR) is 102 cm³/mol. The van der Waals surface area contributed by atoms with E-state index in [-0.39, 0.29) is 17.0 Å². The molecule has 0 radical (unpaired) electrons. The molecule has 1 aromatic heterocycles. The highest BCUT2D eigenvalue weighted by Gasteiger charge is 2.26. The Kier molecular flexibility index (Phi) is 6.03. The predicted octanol–water partition coefficient (Wildman–Crippen LogP) is 2.58. The lowest BCUT2D eigenvalue weighted by Gasteiger charge is -2.03. The molecule has 130 valence electrons. The van der Waals surface area contributed by atoms with Gasteiger partial charge in [0.2, 0.25) is 0 Å². The summed E-state index contributed by atoms with van der Waals surface area (Å²) < 4.78 is 5.94. The van der Waals surface area contributed by atoms with E-state index in [2.05, 4.69) is 67.7 Å². The van der Waals surface area contributed by atoms with E-state index in [1.807, 2.05) is 12.1 Å². The molecule has 2 nitrogen and oxygen atoms in total. The van der Waals surface area contributed by atoms with Crippen LogP contribution in [0.4, 0.5) is 0 Å². The Labute approximate surface area is 172 Å². The Morgan fingerprint density at radius 3 is 2.36 bits per heavy atom. The van der Waals surface area contributed by atoms with Crippen LogP contribution < -0.4 is 21.5 Å². The zero-order chi connectivity index (χ0) is 16.5. The van der Waals surface area contributed by atoms with Crippen LogP contribution in [0.25, 0.3) is 16.9 Å². The maximum atomic E-state index is 6.07. The summed E-state index contributed by atoms with van der Waals surface area (Å²) in [6.07, 6.45) is 7.17. The van der Waals surface area contributed by atoms with Crippen LogP contribution in [-0.2, 0) is 13.0 Å². The molecule has 3 aromatic rings. The minimum absolute atomic E-state index is 0.